The molecule has 1 aromatic carbocycles. The minimum absolute atomic E-state index is 0.376. The van der Waals surface area contributed by atoms with Crippen molar-refractivity contribution in [1.29, 1.82) is 0 Å². The van der Waals surface area contributed by atoms with E-state index in [4.69, 9.17) is 9.73 Å². The van der Waals surface area contributed by atoms with E-state index in [0.29, 0.717) is 30.5 Å². The normalized spacial score (nSPS) is 19.1. The fraction of sp³-hybridized carbons (Fsp3) is 0.682. The molecule has 3 rings (SSSR count). The van der Waals surface area contributed by atoms with E-state index in [1.807, 2.05) is 13.1 Å². The Bertz CT molecular complexity index is 773. The molecule has 0 radical (unpaired) electrons. The van der Waals surface area contributed by atoms with Crippen molar-refractivity contribution in [2.45, 2.75) is 37.5 Å². The van der Waals surface area contributed by atoms with Crippen molar-refractivity contribution in [1.82, 2.24) is 14.5 Å². The zero-order valence-corrected chi connectivity index (χ0v) is 19.1. The first-order valence-electron chi connectivity index (χ1n) is 11.1. The zero-order valence-electron chi connectivity index (χ0n) is 18.3. The van der Waals surface area contributed by atoms with Crippen molar-refractivity contribution in [3.63, 3.8) is 0 Å². The van der Waals surface area contributed by atoms with Crippen molar-refractivity contribution < 1.29 is 13.2 Å². The van der Waals surface area contributed by atoms with Crippen LogP contribution < -0.4 is 5.32 Å². The number of nitrogens with one attached hydrogen (secondary N) is 1. The van der Waals surface area contributed by atoms with Gasteiger partial charge in [0.2, 0.25) is 10.0 Å². The number of aliphatic imine (C=N–C) groups is 1. The Hall–Kier alpha value is -1.64. The van der Waals surface area contributed by atoms with Gasteiger partial charge in [-0.15, -0.1) is 0 Å². The molecule has 0 aromatic heterocycles. The van der Waals surface area contributed by atoms with Crippen LogP contribution in [0, 0.1) is 11.8 Å². The van der Waals surface area contributed by atoms with E-state index in [2.05, 4.69) is 17.1 Å². The second-order valence-electron chi connectivity index (χ2n) is 8.29. The SMILES string of the molecule is CCNC(=NCC1CCN(S(=O)(=O)c2ccccc2)CC1)N(C)CCOCC1CC1. The summed E-state index contributed by atoms with van der Waals surface area (Å²) >= 11 is 0. The first-order chi connectivity index (χ1) is 14.5. The number of hydrogen-bond donors (Lipinski definition) is 1. The fourth-order valence-corrected chi connectivity index (χ4v) is 5.09. The average molecular weight is 437 g/mol. The van der Waals surface area contributed by atoms with Crippen LogP contribution >= 0.6 is 0 Å². The summed E-state index contributed by atoms with van der Waals surface area (Å²) in [5.74, 6) is 2.08. The van der Waals surface area contributed by atoms with E-state index in [9.17, 15) is 8.42 Å². The topological polar surface area (TPSA) is 74.2 Å². The third kappa shape index (κ3) is 6.68. The molecule has 2 aliphatic rings. The molecule has 1 saturated carbocycles. The molecule has 0 unspecified atom stereocenters. The van der Waals surface area contributed by atoms with Gasteiger partial charge in [-0.25, -0.2) is 8.42 Å². The van der Waals surface area contributed by atoms with Gasteiger partial charge in [0.05, 0.1) is 11.5 Å². The van der Waals surface area contributed by atoms with Crippen molar-refractivity contribution in [2.75, 3.05) is 53.0 Å². The third-order valence-electron chi connectivity index (χ3n) is 5.77. The number of likely N-dealkylation sites (N-methyl/N-ethyl adjacent to an activating group) is 1. The Labute approximate surface area is 181 Å². The highest BCUT2D eigenvalue weighted by molar-refractivity contribution is 7.89. The summed E-state index contributed by atoms with van der Waals surface area (Å²) in [6, 6.07) is 8.70. The molecule has 1 aromatic rings. The molecular weight excluding hydrogens is 400 g/mol. The standard InChI is InChI=1S/C22H36N4O3S/c1-3-23-22(25(2)15-16-29-18-20-9-10-20)24-17-19-11-13-26(14-12-19)30(27,28)21-7-5-4-6-8-21/h4-8,19-20H,3,9-18H2,1-2H3,(H,23,24). The van der Waals surface area contributed by atoms with E-state index in [0.717, 1.165) is 51.0 Å². The van der Waals surface area contributed by atoms with Gasteiger partial charge >= 0.3 is 0 Å². The summed E-state index contributed by atoms with van der Waals surface area (Å²) in [5.41, 5.74) is 0. The molecule has 1 aliphatic heterocycles. The highest BCUT2D eigenvalue weighted by atomic mass is 32.2. The second kappa shape index (κ2) is 11.1. The van der Waals surface area contributed by atoms with Crippen LogP contribution in [0.3, 0.4) is 0 Å². The molecular formula is C22H36N4O3S. The molecule has 1 heterocycles. The highest BCUT2D eigenvalue weighted by Crippen LogP contribution is 2.28. The van der Waals surface area contributed by atoms with E-state index < -0.39 is 10.0 Å². The Morgan fingerprint density at radius 3 is 2.50 bits per heavy atom. The molecule has 1 saturated heterocycles. The van der Waals surface area contributed by atoms with Crippen LogP contribution in [0.1, 0.15) is 32.6 Å². The van der Waals surface area contributed by atoms with E-state index in [-0.39, 0.29) is 0 Å². The average Bonchev–Trinajstić information content (AvgIpc) is 3.59. The Morgan fingerprint density at radius 1 is 1.17 bits per heavy atom. The molecule has 7 nitrogen and oxygen atoms in total. The van der Waals surface area contributed by atoms with Crippen LogP contribution in [0.4, 0.5) is 0 Å². The number of ether oxygens (including phenoxy) is 1. The number of guanidine groups is 1. The van der Waals surface area contributed by atoms with Gasteiger partial charge < -0.3 is 15.0 Å². The van der Waals surface area contributed by atoms with Gasteiger partial charge in [0.15, 0.2) is 5.96 Å². The number of sulfonamides is 1. The van der Waals surface area contributed by atoms with Gasteiger partial charge in [-0.1, -0.05) is 18.2 Å². The predicted octanol–water partition coefficient (Wildman–Crippen LogP) is 2.41. The zero-order chi connectivity index (χ0) is 21.4. The summed E-state index contributed by atoms with van der Waals surface area (Å²) in [6.45, 7) is 7.12. The predicted molar refractivity (Wildman–Crippen MR) is 120 cm³/mol. The van der Waals surface area contributed by atoms with Crippen molar-refractivity contribution in [3.8, 4) is 0 Å². The lowest BCUT2D eigenvalue weighted by molar-refractivity contribution is 0.115. The molecule has 0 spiro atoms. The third-order valence-corrected chi connectivity index (χ3v) is 7.68. The van der Waals surface area contributed by atoms with Crippen molar-refractivity contribution in [2.24, 2.45) is 16.8 Å². The van der Waals surface area contributed by atoms with Gasteiger partial charge in [-0.3, -0.25) is 4.99 Å². The first kappa shape index (κ1) is 23.0. The van der Waals surface area contributed by atoms with Crippen LogP contribution in [0.25, 0.3) is 0 Å². The molecule has 30 heavy (non-hydrogen) atoms. The summed E-state index contributed by atoms with van der Waals surface area (Å²) in [5, 5.41) is 3.35. The monoisotopic (exact) mass is 436 g/mol. The van der Waals surface area contributed by atoms with Crippen LogP contribution in [0.2, 0.25) is 0 Å². The summed E-state index contributed by atoms with van der Waals surface area (Å²) in [4.78, 5) is 7.31. The summed E-state index contributed by atoms with van der Waals surface area (Å²) < 4.78 is 32.9. The van der Waals surface area contributed by atoms with Gasteiger partial charge in [0.1, 0.15) is 0 Å². The largest absolute Gasteiger partial charge is 0.379 e. The Morgan fingerprint density at radius 2 is 1.87 bits per heavy atom. The number of hydrogen-bond acceptors (Lipinski definition) is 4. The van der Waals surface area contributed by atoms with E-state index >= 15 is 0 Å². The van der Waals surface area contributed by atoms with Crippen LogP contribution in [0.15, 0.2) is 40.2 Å². The number of rotatable bonds is 10. The Kier molecular flexibility index (Phi) is 8.53. The number of benzene rings is 1. The van der Waals surface area contributed by atoms with E-state index in [1.165, 1.54) is 12.8 Å². The van der Waals surface area contributed by atoms with E-state index in [1.54, 1.807) is 28.6 Å². The number of nitrogens with zero attached hydrogens (tertiary/aromatic N) is 3. The molecule has 0 amide bonds. The van der Waals surface area contributed by atoms with Crippen molar-refractivity contribution in [3.05, 3.63) is 30.3 Å². The van der Waals surface area contributed by atoms with Crippen LogP contribution in [0.5, 0.6) is 0 Å². The molecule has 1 aliphatic carbocycles. The molecule has 1 N–H and O–H groups in total. The van der Waals surface area contributed by atoms with Crippen LogP contribution in [-0.4, -0.2) is 76.6 Å². The van der Waals surface area contributed by atoms with Gasteiger partial charge in [-0.05, 0) is 56.6 Å². The quantitative estimate of drug-likeness (QED) is 0.346. The molecule has 0 atom stereocenters. The Balaban J connectivity index is 1.46. The van der Waals surface area contributed by atoms with Gasteiger partial charge in [-0.2, -0.15) is 4.31 Å². The van der Waals surface area contributed by atoms with Crippen LogP contribution in [-0.2, 0) is 14.8 Å². The highest BCUT2D eigenvalue weighted by Gasteiger charge is 2.29. The van der Waals surface area contributed by atoms with Crippen molar-refractivity contribution >= 4 is 16.0 Å². The maximum Gasteiger partial charge on any atom is 0.243 e. The maximum absolute atomic E-state index is 12.8. The fourth-order valence-electron chi connectivity index (χ4n) is 3.60. The smallest absolute Gasteiger partial charge is 0.243 e. The van der Waals surface area contributed by atoms with Gasteiger partial charge in [0.25, 0.3) is 0 Å². The molecule has 0 bridgehead atoms. The molecule has 168 valence electrons. The first-order valence-corrected chi connectivity index (χ1v) is 12.6. The lowest BCUT2D eigenvalue weighted by atomic mass is 9.98. The number of piperidine rings is 1. The summed E-state index contributed by atoms with van der Waals surface area (Å²) in [7, 11) is -1.35. The minimum atomic E-state index is -3.39. The summed E-state index contributed by atoms with van der Waals surface area (Å²) in [6.07, 6.45) is 4.29. The lowest BCUT2D eigenvalue weighted by Gasteiger charge is -2.31. The molecule has 8 heteroatoms. The maximum atomic E-state index is 12.8. The van der Waals surface area contributed by atoms with Gasteiger partial charge in [0, 0.05) is 46.4 Å². The lowest BCUT2D eigenvalue weighted by Crippen LogP contribution is -2.42. The minimum Gasteiger partial charge on any atom is -0.379 e. The molecule has 2 fully saturated rings. The second-order valence-corrected chi connectivity index (χ2v) is 10.2.